The van der Waals surface area contributed by atoms with Crippen molar-refractivity contribution in [2.45, 2.75) is 32.1 Å². The lowest BCUT2D eigenvalue weighted by atomic mass is 10.3. The van der Waals surface area contributed by atoms with Gasteiger partial charge in [0.2, 0.25) is 0 Å². The second-order valence-corrected chi connectivity index (χ2v) is 4.56. The average molecular weight is 208 g/mol. The van der Waals surface area contributed by atoms with E-state index in [2.05, 4.69) is 6.58 Å². The van der Waals surface area contributed by atoms with E-state index in [1.54, 1.807) is 6.92 Å². The molecule has 0 saturated carbocycles. The number of hydrogen-bond acceptors (Lipinski definition) is 3. The van der Waals surface area contributed by atoms with E-state index < -0.39 is 15.6 Å². The molecule has 13 heavy (non-hydrogen) atoms. The number of ether oxygens (including phenoxy) is 1. The molecule has 0 bridgehead atoms. The van der Waals surface area contributed by atoms with Crippen molar-refractivity contribution < 1.29 is 17.7 Å². The Labute approximate surface area is 79.3 Å². The summed E-state index contributed by atoms with van der Waals surface area (Å²) in [7, 11) is -4.09. The molecule has 1 unspecified atom stereocenters. The predicted octanol–water partition coefficient (Wildman–Crippen LogP) is 1.59. The molecule has 0 aliphatic rings. The van der Waals surface area contributed by atoms with Crippen LogP contribution in [0.1, 0.15) is 26.7 Å². The highest BCUT2D eigenvalue weighted by atomic mass is 32.2. The van der Waals surface area contributed by atoms with E-state index in [0.29, 0.717) is 12.8 Å². The fourth-order valence-electron chi connectivity index (χ4n) is 0.789. The fourth-order valence-corrected chi connectivity index (χ4v) is 1.56. The van der Waals surface area contributed by atoms with Crippen molar-refractivity contribution in [3.8, 4) is 0 Å². The Morgan fingerprint density at radius 2 is 2.15 bits per heavy atom. The van der Waals surface area contributed by atoms with Gasteiger partial charge in [-0.1, -0.05) is 25.5 Å². The standard InChI is InChI=1S/C8H16O4S/c1-4-5-8(13(9,10)11)12-6-7(2)3/h8H,2,4-6H2,1,3H3,(H,9,10,11). The third-order valence-corrected chi connectivity index (χ3v) is 2.41. The lowest BCUT2D eigenvalue weighted by molar-refractivity contribution is 0.111. The van der Waals surface area contributed by atoms with Gasteiger partial charge in [-0.15, -0.1) is 0 Å². The smallest absolute Gasteiger partial charge is 0.292 e. The Morgan fingerprint density at radius 1 is 1.62 bits per heavy atom. The average Bonchev–Trinajstić information content (AvgIpc) is 1.95. The van der Waals surface area contributed by atoms with Crippen LogP contribution in [0, 0.1) is 0 Å². The molecule has 0 amide bonds. The largest absolute Gasteiger partial charge is 0.355 e. The summed E-state index contributed by atoms with van der Waals surface area (Å²) in [6.45, 7) is 7.28. The maximum atomic E-state index is 10.7. The van der Waals surface area contributed by atoms with Crippen LogP contribution in [-0.2, 0) is 14.9 Å². The minimum atomic E-state index is -4.09. The summed E-state index contributed by atoms with van der Waals surface area (Å²) in [4.78, 5) is 0. The molecule has 0 aromatic rings. The summed E-state index contributed by atoms with van der Waals surface area (Å²) >= 11 is 0. The quantitative estimate of drug-likeness (QED) is 0.532. The maximum Gasteiger partial charge on any atom is 0.292 e. The van der Waals surface area contributed by atoms with Crippen molar-refractivity contribution in [2.24, 2.45) is 0 Å². The first-order valence-electron chi connectivity index (χ1n) is 4.10. The Hall–Kier alpha value is -0.390. The molecule has 78 valence electrons. The van der Waals surface area contributed by atoms with E-state index in [9.17, 15) is 8.42 Å². The zero-order chi connectivity index (χ0) is 10.5. The summed E-state index contributed by atoms with van der Waals surface area (Å²) in [5.41, 5.74) is -0.390. The zero-order valence-corrected chi connectivity index (χ0v) is 8.80. The summed E-state index contributed by atoms with van der Waals surface area (Å²) in [6, 6.07) is 0. The normalized spacial score (nSPS) is 14.1. The Kier molecular flexibility index (Phi) is 5.20. The minimum Gasteiger partial charge on any atom is -0.355 e. The lowest BCUT2D eigenvalue weighted by Gasteiger charge is -2.13. The van der Waals surface area contributed by atoms with Gasteiger partial charge >= 0.3 is 0 Å². The van der Waals surface area contributed by atoms with E-state index in [1.807, 2.05) is 6.92 Å². The molecular formula is C8H16O4S. The van der Waals surface area contributed by atoms with Crippen LogP contribution in [0.15, 0.2) is 12.2 Å². The third kappa shape index (κ3) is 5.79. The van der Waals surface area contributed by atoms with Crippen LogP contribution in [0.5, 0.6) is 0 Å². The van der Waals surface area contributed by atoms with Gasteiger partial charge in [-0.3, -0.25) is 4.55 Å². The maximum absolute atomic E-state index is 10.7. The molecule has 0 aromatic heterocycles. The van der Waals surface area contributed by atoms with Crippen LogP contribution in [0.3, 0.4) is 0 Å². The van der Waals surface area contributed by atoms with Gasteiger partial charge in [0.05, 0.1) is 6.61 Å². The van der Waals surface area contributed by atoms with Crippen LogP contribution in [-0.4, -0.2) is 25.0 Å². The van der Waals surface area contributed by atoms with Gasteiger partial charge in [0.1, 0.15) is 0 Å². The Balaban J connectivity index is 4.19. The van der Waals surface area contributed by atoms with Gasteiger partial charge in [0.15, 0.2) is 5.44 Å². The molecule has 1 N–H and O–H groups in total. The molecule has 1 atom stereocenters. The third-order valence-electron chi connectivity index (χ3n) is 1.37. The lowest BCUT2D eigenvalue weighted by Crippen LogP contribution is -2.24. The van der Waals surface area contributed by atoms with E-state index >= 15 is 0 Å². The van der Waals surface area contributed by atoms with Gasteiger partial charge in [0, 0.05) is 0 Å². The molecule has 0 fully saturated rings. The topological polar surface area (TPSA) is 63.6 Å². The molecular weight excluding hydrogens is 192 g/mol. The van der Waals surface area contributed by atoms with Crippen LogP contribution in [0.2, 0.25) is 0 Å². The molecule has 0 aliphatic carbocycles. The van der Waals surface area contributed by atoms with E-state index in [4.69, 9.17) is 9.29 Å². The minimum absolute atomic E-state index is 0.157. The van der Waals surface area contributed by atoms with Gasteiger partial charge < -0.3 is 4.74 Å². The SMILES string of the molecule is C=C(C)COC(CCC)S(=O)(=O)O. The predicted molar refractivity (Wildman–Crippen MR) is 51.0 cm³/mol. The highest BCUT2D eigenvalue weighted by Gasteiger charge is 2.22. The molecule has 5 heteroatoms. The first kappa shape index (κ1) is 12.6. The van der Waals surface area contributed by atoms with Crippen LogP contribution in [0.4, 0.5) is 0 Å². The van der Waals surface area contributed by atoms with Crippen molar-refractivity contribution in [2.75, 3.05) is 6.61 Å². The van der Waals surface area contributed by atoms with Crippen molar-refractivity contribution >= 4 is 10.1 Å². The van der Waals surface area contributed by atoms with Crippen molar-refractivity contribution in [3.63, 3.8) is 0 Å². The second-order valence-electron chi connectivity index (χ2n) is 3.00. The summed E-state index contributed by atoms with van der Waals surface area (Å²) in [6.07, 6.45) is 0.937. The number of hydrogen-bond donors (Lipinski definition) is 1. The van der Waals surface area contributed by atoms with Gasteiger partial charge in [0.25, 0.3) is 10.1 Å². The Morgan fingerprint density at radius 3 is 2.46 bits per heavy atom. The van der Waals surface area contributed by atoms with Crippen molar-refractivity contribution in [1.82, 2.24) is 0 Å². The van der Waals surface area contributed by atoms with E-state index in [1.165, 1.54) is 0 Å². The van der Waals surface area contributed by atoms with Crippen molar-refractivity contribution in [3.05, 3.63) is 12.2 Å². The molecule has 0 aromatic carbocycles. The molecule has 0 aliphatic heterocycles. The van der Waals surface area contributed by atoms with Crippen LogP contribution < -0.4 is 0 Å². The highest BCUT2D eigenvalue weighted by molar-refractivity contribution is 7.86. The fraction of sp³-hybridized carbons (Fsp3) is 0.750. The first-order chi connectivity index (χ1) is 5.88. The molecule has 0 spiro atoms. The second kappa shape index (κ2) is 5.36. The van der Waals surface area contributed by atoms with Crippen LogP contribution >= 0.6 is 0 Å². The van der Waals surface area contributed by atoms with E-state index in [-0.39, 0.29) is 6.61 Å². The summed E-state index contributed by atoms with van der Waals surface area (Å²) < 4.78 is 35.2. The van der Waals surface area contributed by atoms with Gasteiger partial charge in [-0.25, -0.2) is 0 Å². The number of rotatable bonds is 6. The first-order valence-corrected chi connectivity index (χ1v) is 5.60. The summed E-state index contributed by atoms with van der Waals surface area (Å²) in [5, 5.41) is 0. The molecule has 0 rings (SSSR count). The van der Waals surface area contributed by atoms with Gasteiger partial charge in [-0.05, 0) is 13.3 Å². The molecule has 0 radical (unpaired) electrons. The Bertz CT molecular complexity index is 255. The molecule has 4 nitrogen and oxygen atoms in total. The molecule has 0 saturated heterocycles. The van der Waals surface area contributed by atoms with Crippen molar-refractivity contribution in [1.29, 1.82) is 0 Å². The van der Waals surface area contributed by atoms with E-state index in [0.717, 1.165) is 5.57 Å². The monoisotopic (exact) mass is 208 g/mol. The zero-order valence-electron chi connectivity index (χ0n) is 7.99. The molecule has 0 heterocycles. The summed E-state index contributed by atoms with van der Waals surface area (Å²) in [5.74, 6) is 0. The van der Waals surface area contributed by atoms with Crippen LogP contribution in [0.25, 0.3) is 0 Å². The highest BCUT2D eigenvalue weighted by Crippen LogP contribution is 2.09. The van der Waals surface area contributed by atoms with Gasteiger partial charge in [-0.2, -0.15) is 8.42 Å².